The van der Waals surface area contributed by atoms with Gasteiger partial charge in [-0.1, -0.05) is 24.3 Å². The number of hydrogen-bond acceptors (Lipinski definition) is 4. The number of hydrogen-bond donors (Lipinski definition) is 3. The lowest BCUT2D eigenvalue weighted by molar-refractivity contribution is -0.122. The van der Waals surface area contributed by atoms with Gasteiger partial charge in [-0.25, -0.2) is 0 Å². The summed E-state index contributed by atoms with van der Waals surface area (Å²) in [4.78, 5) is 14.2. The molecule has 0 unspecified atom stereocenters. The highest BCUT2D eigenvalue weighted by Gasteiger charge is 2.26. The molecule has 5 heteroatoms. The molecule has 1 aromatic carbocycles. The second-order valence-electron chi connectivity index (χ2n) is 5.98. The molecule has 2 aliphatic rings. The van der Waals surface area contributed by atoms with E-state index >= 15 is 0 Å². The Kier molecular flexibility index (Phi) is 4.53. The number of carbonyl (C=O) groups is 1. The maximum absolute atomic E-state index is 11.9. The molecule has 0 spiro atoms. The van der Waals surface area contributed by atoms with Gasteiger partial charge in [-0.05, 0) is 24.1 Å². The zero-order valence-electron chi connectivity index (χ0n) is 12.2. The Hall–Kier alpha value is -1.43. The molecule has 0 saturated carbocycles. The van der Waals surface area contributed by atoms with Crippen LogP contribution in [0.25, 0.3) is 0 Å². The number of fused-ring (bicyclic) bond motifs is 1. The monoisotopic (exact) mass is 289 g/mol. The van der Waals surface area contributed by atoms with Gasteiger partial charge in [-0.3, -0.25) is 9.69 Å². The number of amides is 1. The fourth-order valence-corrected chi connectivity index (χ4v) is 3.12. The first-order chi connectivity index (χ1) is 10.2. The Morgan fingerprint density at radius 1 is 1.29 bits per heavy atom. The number of aliphatic hydroxyl groups is 1. The summed E-state index contributed by atoms with van der Waals surface area (Å²) >= 11 is 0. The summed E-state index contributed by atoms with van der Waals surface area (Å²) < 4.78 is 0. The van der Waals surface area contributed by atoms with Crippen LogP contribution in [-0.4, -0.2) is 47.7 Å². The highest BCUT2D eigenvalue weighted by Crippen LogP contribution is 2.22. The first kappa shape index (κ1) is 14.5. The van der Waals surface area contributed by atoms with E-state index in [0.717, 1.165) is 26.1 Å². The number of nitrogens with one attached hydrogen (secondary N) is 2. The Bertz CT molecular complexity index is 481. The van der Waals surface area contributed by atoms with E-state index in [1.807, 2.05) is 0 Å². The summed E-state index contributed by atoms with van der Waals surface area (Å²) in [6.45, 7) is 4.14. The van der Waals surface area contributed by atoms with E-state index in [2.05, 4.69) is 39.8 Å². The van der Waals surface area contributed by atoms with Crippen molar-refractivity contribution >= 4 is 5.91 Å². The van der Waals surface area contributed by atoms with E-state index in [1.54, 1.807) is 0 Å². The first-order valence-electron chi connectivity index (χ1n) is 7.69. The zero-order chi connectivity index (χ0) is 14.7. The first-order valence-corrected chi connectivity index (χ1v) is 7.69. The molecule has 3 rings (SSSR count). The summed E-state index contributed by atoms with van der Waals surface area (Å²) in [5.74, 6) is 0.0412. The molecule has 1 saturated heterocycles. The lowest BCUT2D eigenvalue weighted by Gasteiger charge is -2.17. The second kappa shape index (κ2) is 6.56. The molecule has 1 fully saturated rings. The van der Waals surface area contributed by atoms with Crippen molar-refractivity contribution in [2.24, 2.45) is 0 Å². The van der Waals surface area contributed by atoms with Crippen LogP contribution < -0.4 is 10.6 Å². The number of aliphatic hydroxyl groups excluding tert-OH is 1. The average molecular weight is 289 g/mol. The highest BCUT2D eigenvalue weighted by atomic mass is 16.3. The lowest BCUT2D eigenvalue weighted by Crippen LogP contribution is -2.42. The Morgan fingerprint density at radius 3 is 2.62 bits per heavy atom. The van der Waals surface area contributed by atoms with E-state index in [1.165, 1.54) is 11.1 Å². The van der Waals surface area contributed by atoms with Gasteiger partial charge in [0.15, 0.2) is 0 Å². The molecule has 1 amide bonds. The van der Waals surface area contributed by atoms with Gasteiger partial charge in [0.25, 0.3) is 0 Å². The van der Waals surface area contributed by atoms with Crippen LogP contribution in [0.1, 0.15) is 24.0 Å². The lowest BCUT2D eigenvalue weighted by atomic mass is 10.1. The van der Waals surface area contributed by atoms with Crippen LogP contribution in [0.4, 0.5) is 0 Å². The van der Waals surface area contributed by atoms with Crippen LogP contribution >= 0.6 is 0 Å². The SMILES string of the molecule is O=C(CCCN1Cc2ccccc2C1)N[C@@H]1CNC[C@H]1O. The highest BCUT2D eigenvalue weighted by molar-refractivity contribution is 5.76. The van der Waals surface area contributed by atoms with Gasteiger partial charge in [0.2, 0.25) is 5.91 Å². The molecule has 1 aromatic rings. The molecule has 3 N–H and O–H groups in total. The van der Waals surface area contributed by atoms with Crippen LogP contribution in [0, 0.1) is 0 Å². The Labute approximate surface area is 125 Å². The van der Waals surface area contributed by atoms with Gasteiger partial charge in [0.05, 0.1) is 12.1 Å². The maximum Gasteiger partial charge on any atom is 0.220 e. The quantitative estimate of drug-likeness (QED) is 0.726. The van der Waals surface area contributed by atoms with Crippen molar-refractivity contribution in [1.82, 2.24) is 15.5 Å². The van der Waals surface area contributed by atoms with Gasteiger partial charge in [0.1, 0.15) is 0 Å². The molecule has 0 aromatic heterocycles. The van der Waals surface area contributed by atoms with E-state index in [4.69, 9.17) is 0 Å². The average Bonchev–Trinajstić information content (AvgIpc) is 3.05. The van der Waals surface area contributed by atoms with E-state index in [-0.39, 0.29) is 11.9 Å². The molecule has 114 valence electrons. The van der Waals surface area contributed by atoms with Gasteiger partial charge in [0, 0.05) is 32.6 Å². The predicted octanol–water partition coefficient (Wildman–Crippen LogP) is 0.231. The standard InChI is InChI=1S/C16H23N3O2/c20-15-9-17-8-14(15)18-16(21)6-3-7-19-10-12-4-1-2-5-13(12)11-19/h1-2,4-5,14-15,17,20H,3,6-11H2,(H,18,21)/t14-,15-/m1/s1. The number of benzene rings is 1. The molecular formula is C16H23N3O2. The predicted molar refractivity (Wildman–Crippen MR) is 80.6 cm³/mol. The van der Waals surface area contributed by atoms with Crippen molar-refractivity contribution in [2.45, 2.75) is 38.1 Å². The molecule has 0 radical (unpaired) electrons. The number of β-amino-alcohol motifs (C(OH)–C–C–N with tert-alkyl or cyclic N) is 1. The van der Waals surface area contributed by atoms with Crippen molar-refractivity contribution in [1.29, 1.82) is 0 Å². The molecule has 2 heterocycles. The van der Waals surface area contributed by atoms with Crippen molar-refractivity contribution in [3.8, 4) is 0 Å². The normalized spacial score (nSPS) is 25.0. The third-order valence-electron chi connectivity index (χ3n) is 4.31. The largest absolute Gasteiger partial charge is 0.390 e. The second-order valence-corrected chi connectivity index (χ2v) is 5.98. The van der Waals surface area contributed by atoms with Gasteiger partial charge >= 0.3 is 0 Å². The van der Waals surface area contributed by atoms with Crippen molar-refractivity contribution in [2.75, 3.05) is 19.6 Å². The van der Waals surface area contributed by atoms with Crippen LogP contribution in [0.2, 0.25) is 0 Å². The number of carbonyl (C=O) groups excluding carboxylic acids is 1. The van der Waals surface area contributed by atoms with Gasteiger partial charge in [-0.15, -0.1) is 0 Å². The topological polar surface area (TPSA) is 64.6 Å². The molecule has 0 bridgehead atoms. The summed E-state index contributed by atoms with van der Waals surface area (Å²) in [6, 6.07) is 8.38. The Morgan fingerprint density at radius 2 is 2.00 bits per heavy atom. The van der Waals surface area contributed by atoms with Crippen LogP contribution in [0.15, 0.2) is 24.3 Å². The summed E-state index contributed by atoms with van der Waals surface area (Å²) in [5.41, 5.74) is 2.81. The molecule has 21 heavy (non-hydrogen) atoms. The van der Waals surface area contributed by atoms with Gasteiger partial charge in [-0.2, -0.15) is 0 Å². The fourth-order valence-electron chi connectivity index (χ4n) is 3.12. The van der Waals surface area contributed by atoms with Crippen molar-refractivity contribution < 1.29 is 9.90 Å². The summed E-state index contributed by atoms with van der Waals surface area (Å²) in [6.07, 6.45) is 0.925. The third kappa shape index (κ3) is 3.61. The van der Waals surface area contributed by atoms with Crippen LogP contribution in [0.5, 0.6) is 0 Å². The fraction of sp³-hybridized carbons (Fsp3) is 0.562. The molecule has 5 nitrogen and oxygen atoms in total. The van der Waals surface area contributed by atoms with E-state index < -0.39 is 6.10 Å². The zero-order valence-corrected chi connectivity index (χ0v) is 12.2. The minimum Gasteiger partial charge on any atom is -0.390 e. The maximum atomic E-state index is 11.9. The minimum absolute atomic E-state index is 0.0412. The van der Waals surface area contributed by atoms with Crippen molar-refractivity contribution in [3.63, 3.8) is 0 Å². The van der Waals surface area contributed by atoms with E-state index in [0.29, 0.717) is 19.5 Å². The minimum atomic E-state index is -0.456. The molecule has 0 aliphatic carbocycles. The van der Waals surface area contributed by atoms with Crippen LogP contribution in [0.3, 0.4) is 0 Å². The number of rotatable bonds is 5. The summed E-state index contributed by atoms with van der Waals surface area (Å²) in [7, 11) is 0. The molecule has 2 atom stereocenters. The van der Waals surface area contributed by atoms with E-state index in [9.17, 15) is 9.90 Å². The smallest absolute Gasteiger partial charge is 0.220 e. The molecular weight excluding hydrogens is 266 g/mol. The summed E-state index contributed by atoms with van der Waals surface area (Å²) in [5, 5.41) is 15.6. The Balaban J connectivity index is 1.36. The van der Waals surface area contributed by atoms with Crippen molar-refractivity contribution in [3.05, 3.63) is 35.4 Å². The third-order valence-corrected chi connectivity index (χ3v) is 4.31. The number of nitrogens with zero attached hydrogens (tertiary/aromatic N) is 1. The van der Waals surface area contributed by atoms with Crippen LogP contribution in [-0.2, 0) is 17.9 Å². The van der Waals surface area contributed by atoms with Gasteiger partial charge < -0.3 is 15.7 Å². The molecule has 2 aliphatic heterocycles.